The van der Waals surface area contributed by atoms with Gasteiger partial charge in [0.15, 0.2) is 11.5 Å². The van der Waals surface area contributed by atoms with Crippen molar-refractivity contribution in [2.75, 3.05) is 18.0 Å². The number of nitrogens with zero attached hydrogens (tertiary/aromatic N) is 7. The minimum Gasteiger partial charge on any atom is -0.354 e. The molecule has 1 fully saturated rings. The molecule has 26 heavy (non-hydrogen) atoms. The van der Waals surface area contributed by atoms with Gasteiger partial charge in [0.05, 0.1) is 0 Å². The lowest BCUT2D eigenvalue weighted by molar-refractivity contribution is 0.488. The Morgan fingerprint density at radius 3 is 2.81 bits per heavy atom. The van der Waals surface area contributed by atoms with Gasteiger partial charge in [0.2, 0.25) is 0 Å². The van der Waals surface area contributed by atoms with Gasteiger partial charge in [-0.2, -0.15) is 9.61 Å². The number of piperidine rings is 1. The van der Waals surface area contributed by atoms with E-state index in [1.54, 1.807) is 6.33 Å². The number of rotatable bonds is 3. The maximum Gasteiger partial charge on any atom is 0.185 e. The van der Waals surface area contributed by atoms with Crippen LogP contribution in [0.3, 0.4) is 0 Å². The Kier molecular flexibility index (Phi) is 3.59. The van der Waals surface area contributed by atoms with Crippen molar-refractivity contribution >= 4 is 11.5 Å². The summed E-state index contributed by atoms with van der Waals surface area (Å²) in [4.78, 5) is 6.62. The third-order valence-electron chi connectivity index (χ3n) is 4.85. The Hall–Kier alpha value is -3.29. The highest BCUT2D eigenvalue weighted by molar-refractivity contribution is 5.59. The molecule has 0 radical (unpaired) electrons. The van der Waals surface area contributed by atoms with Crippen molar-refractivity contribution in [3.63, 3.8) is 0 Å². The number of H-pyrrole nitrogens is 1. The average Bonchev–Trinajstić information content (AvgIpc) is 3.38. The molecule has 1 aliphatic rings. The van der Waals surface area contributed by atoms with Gasteiger partial charge in [0, 0.05) is 24.6 Å². The zero-order valence-electron chi connectivity index (χ0n) is 14.2. The van der Waals surface area contributed by atoms with Crippen molar-refractivity contribution < 1.29 is 0 Å². The molecule has 1 atom stereocenters. The summed E-state index contributed by atoms with van der Waals surface area (Å²) in [5.74, 6) is 2.98. The second-order valence-electron chi connectivity index (χ2n) is 6.51. The van der Waals surface area contributed by atoms with Gasteiger partial charge in [-0.25, -0.2) is 4.98 Å². The van der Waals surface area contributed by atoms with Crippen LogP contribution < -0.4 is 4.90 Å². The molecule has 0 aliphatic carbocycles. The molecule has 5 rings (SSSR count). The number of aromatic nitrogens is 7. The van der Waals surface area contributed by atoms with Gasteiger partial charge < -0.3 is 4.90 Å². The molecule has 1 saturated heterocycles. The van der Waals surface area contributed by atoms with Crippen molar-refractivity contribution in [2.24, 2.45) is 0 Å². The van der Waals surface area contributed by atoms with E-state index < -0.39 is 0 Å². The number of hydrogen-bond acceptors (Lipinski definition) is 6. The topological polar surface area (TPSA) is 87.9 Å². The van der Waals surface area contributed by atoms with E-state index in [0.717, 1.165) is 54.6 Å². The Morgan fingerprint density at radius 2 is 1.96 bits per heavy atom. The highest BCUT2D eigenvalue weighted by Crippen LogP contribution is 2.27. The fourth-order valence-corrected chi connectivity index (χ4v) is 3.54. The van der Waals surface area contributed by atoms with E-state index in [-0.39, 0.29) is 0 Å². The summed E-state index contributed by atoms with van der Waals surface area (Å²) < 4.78 is 1.82. The van der Waals surface area contributed by atoms with Crippen LogP contribution in [0.4, 0.5) is 5.82 Å². The van der Waals surface area contributed by atoms with Crippen molar-refractivity contribution in [2.45, 2.75) is 18.8 Å². The molecule has 130 valence electrons. The number of aromatic amines is 1. The highest BCUT2D eigenvalue weighted by Gasteiger charge is 2.24. The standard InChI is InChI=1S/C18H18N8/c1-2-5-13(6-3-1)18-23-21-15-8-9-16(24-26(15)18)25-10-4-7-14(11-25)17-19-12-20-22-17/h1-3,5-6,8-9,12,14H,4,7,10-11H2,(H,19,20,22)/t14-/m1/s1. The molecule has 4 heterocycles. The van der Waals surface area contributed by atoms with E-state index in [9.17, 15) is 0 Å². The van der Waals surface area contributed by atoms with Crippen LogP contribution in [0, 0.1) is 0 Å². The Bertz CT molecular complexity index is 1010. The summed E-state index contributed by atoms with van der Waals surface area (Å²) in [7, 11) is 0. The Balaban J connectivity index is 1.49. The first-order valence-corrected chi connectivity index (χ1v) is 8.76. The van der Waals surface area contributed by atoms with Crippen LogP contribution in [-0.4, -0.2) is 48.1 Å². The predicted octanol–water partition coefficient (Wildman–Crippen LogP) is 2.29. The Labute approximate surface area is 149 Å². The summed E-state index contributed by atoms with van der Waals surface area (Å²) in [5.41, 5.74) is 1.75. The predicted molar refractivity (Wildman–Crippen MR) is 96.8 cm³/mol. The van der Waals surface area contributed by atoms with Crippen LogP contribution in [0.15, 0.2) is 48.8 Å². The van der Waals surface area contributed by atoms with Gasteiger partial charge in [-0.1, -0.05) is 30.3 Å². The van der Waals surface area contributed by atoms with Gasteiger partial charge in [0.25, 0.3) is 0 Å². The molecule has 1 N–H and O–H groups in total. The van der Waals surface area contributed by atoms with E-state index in [2.05, 4.69) is 30.3 Å². The molecule has 1 aromatic carbocycles. The third kappa shape index (κ3) is 2.59. The van der Waals surface area contributed by atoms with Crippen molar-refractivity contribution in [3.05, 3.63) is 54.6 Å². The molecule has 4 aromatic rings. The normalized spacial score (nSPS) is 17.7. The molecule has 0 saturated carbocycles. The molecule has 0 bridgehead atoms. The van der Waals surface area contributed by atoms with Gasteiger partial charge >= 0.3 is 0 Å². The van der Waals surface area contributed by atoms with Crippen LogP contribution in [-0.2, 0) is 0 Å². The highest BCUT2D eigenvalue weighted by atomic mass is 15.4. The van der Waals surface area contributed by atoms with Crippen molar-refractivity contribution in [3.8, 4) is 11.4 Å². The SMILES string of the molecule is c1ccc(-c2nnc3ccc(N4CCC[C@@H](c5ncn[nH]5)C4)nn23)cc1. The molecule has 8 heteroatoms. The fraction of sp³-hybridized carbons (Fsp3) is 0.278. The summed E-state index contributed by atoms with van der Waals surface area (Å²) in [6, 6.07) is 14.0. The van der Waals surface area contributed by atoms with Gasteiger partial charge in [-0.05, 0) is 25.0 Å². The second kappa shape index (κ2) is 6.21. The first-order valence-electron chi connectivity index (χ1n) is 8.76. The minimum atomic E-state index is 0.346. The molecular weight excluding hydrogens is 328 g/mol. The number of benzene rings is 1. The number of hydrogen-bond donors (Lipinski definition) is 1. The lowest BCUT2D eigenvalue weighted by Gasteiger charge is -2.32. The van der Waals surface area contributed by atoms with E-state index in [0.29, 0.717) is 5.92 Å². The van der Waals surface area contributed by atoms with E-state index >= 15 is 0 Å². The third-order valence-corrected chi connectivity index (χ3v) is 4.85. The molecule has 0 spiro atoms. The summed E-state index contributed by atoms with van der Waals surface area (Å²) >= 11 is 0. The van der Waals surface area contributed by atoms with Crippen molar-refractivity contribution in [1.82, 2.24) is 35.0 Å². The number of nitrogens with one attached hydrogen (secondary N) is 1. The average molecular weight is 346 g/mol. The first-order chi connectivity index (χ1) is 12.9. The molecule has 0 unspecified atom stereocenters. The minimum absolute atomic E-state index is 0.346. The Morgan fingerprint density at radius 1 is 1.04 bits per heavy atom. The fourth-order valence-electron chi connectivity index (χ4n) is 3.54. The molecule has 8 nitrogen and oxygen atoms in total. The number of anilines is 1. The van der Waals surface area contributed by atoms with Crippen LogP contribution in [0.2, 0.25) is 0 Å². The van der Waals surface area contributed by atoms with E-state index in [1.807, 2.05) is 47.0 Å². The van der Waals surface area contributed by atoms with Gasteiger partial charge in [0.1, 0.15) is 18.0 Å². The lowest BCUT2D eigenvalue weighted by Crippen LogP contribution is -2.35. The largest absolute Gasteiger partial charge is 0.354 e. The van der Waals surface area contributed by atoms with Crippen LogP contribution in [0.1, 0.15) is 24.6 Å². The van der Waals surface area contributed by atoms with Crippen LogP contribution >= 0.6 is 0 Å². The molecular formula is C18H18N8. The van der Waals surface area contributed by atoms with Crippen molar-refractivity contribution in [1.29, 1.82) is 0 Å². The van der Waals surface area contributed by atoms with Crippen LogP contribution in [0.25, 0.3) is 17.0 Å². The van der Waals surface area contributed by atoms with E-state index in [1.165, 1.54) is 0 Å². The quantitative estimate of drug-likeness (QED) is 0.612. The second-order valence-corrected chi connectivity index (χ2v) is 6.51. The maximum absolute atomic E-state index is 4.82. The van der Waals surface area contributed by atoms with E-state index in [4.69, 9.17) is 5.10 Å². The zero-order valence-corrected chi connectivity index (χ0v) is 14.2. The molecule has 3 aromatic heterocycles. The number of fused-ring (bicyclic) bond motifs is 1. The lowest BCUT2D eigenvalue weighted by atomic mass is 9.97. The summed E-state index contributed by atoms with van der Waals surface area (Å²) in [6.45, 7) is 1.85. The first kappa shape index (κ1) is 15.0. The monoisotopic (exact) mass is 346 g/mol. The van der Waals surface area contributed by atoms with Gasteiger partial charge in [-0.15, -0.1) is 15.3 Å². The smallest absolute Gasteiger partial charge is 0.185 e. The molecule has 1 aliphatic heterocycles. The maximum atomic E-state index is 4.82. The van der Waals surface area contributed by atoms with Gasteiger partial charge in [-0.3, -0.25) is 5.10 Å². The molecule has 0 amide bonds. The van der Waals surface area contributed by atoms with Crippen LogP contribution in [0.5, 0.6) is 0 Å². The summed E-state index contributed by atoms with van der Waals surface area (Å²) in [6.07, 6.45) is 3.77. The zero-order chi connectivity index (χ0) is 17.3. The summed E-state index contributed by atoms with van der Waals surface area (Å²) in [5, 5.41) is 20.4.